The number of hydrogen-bond acceptors (Lipinski definition) is 4. The Balaban J connectivity index is 2.19. The van der Waals surface area contributed by atoms with Gasteiger partial charge in [0.1, 0.15) is 5.15 Å². The van der Waals surface area contributed by atoms with Gasteiger partial charge in [0.2, 0.25) is 5.13 Å². The van der Waals surface area contributed by atoms with Gasteiger partial charge < -0.3 is 0 Å². The summed E-state index contributed by atoms with van der Waals surface area (Å²) in [6.07, 6.45) is 2.26. The SMILES string of the molecule is CC(C)c1c(Cl)[nH]c(=O)n(-c2nc(C3CC3)cs2)c1=O. The number of rotatable bonds is 3. The molecule has 0 bridgehead atoms. The highest BCUT2D eigenvalue weighted by Crippen LogP contribution is 2.40. The Morgan fingerprint density at radius 1 is 1.45 bits per heavy atom. The number of nitrogens with one attached hydrogen (secondary N) is 1. The number of hydrogen-bond donors (Lipinski definition) is 1. The van der Waals surface area contributed by atoms with E-state index in [9.17, 15) is 9.59 Å². The molecule has 0 aromatic carbocycles. The second-order valence-corrected chi connectivity index (χ2v) is 6.50. The van der Waals surface area contributed by atoms with Gasteiger partial charge in [-0.3, -0.25) is 9.78 Å². The van der Waals surface area contributed by atoms with Crippen molar-refractivity contribution in [3.8, 4) is 5.13 Å². The fourth-order valence-corrected chi connectivity index (χ4v) is 3.42. The molecule has 0 unspecified atom stereocenters. The summed E-state index contributed by atoms with van der Waals surface area (Å²) in [7, 11) is 0. The molecule has 2 aromatic heterocycles. The van der Waals surface area contributed by atoms with E-state index >= 15 is 0 Å². The summed E-state index contributed by atoms with van der Waals surface area (Å²) in [6, 6.07) is 0. The molecule has 0 atom stereocenters. The van der Waals surface area contributed by atoms with Crippen molar-refractivity contribution in [2.45, 2.75) is 38.5 Å². The topological polar surface area (TPSA) is 67.8 Å². The normalized spacial score (nSPS) is 15.0. The van der Waals surface area contributed by atoms with E-state index in [4.69, 9.17) is 11.6 Å². The second kappa shape index (κ2) is 4.86. The lowest BCUT2D eigenvalue weighted by atomic mass is 10.1. The molecule has 0 aliphatic heterocycles. The maximum atomic E-state index is 12.5. The van der Waals surface area contributed by atoms with Crippen LogP contribution in [0.5, 0.6) is 0 Å². The molecule has 106 valence electrons. The second-order valence-electron chi connectivity index (χ2n) is 5.28. The Labute approximate surface area is 124 Å². The zero-order chi connectivity index (χ0) is 14.4. The summed E-state index contributed by atoms with van der Waals surface area (Å²) in [5.74, 6) is 0.424. The minimum atomic E-state index is -0.541. The van der Waals surface area contributed by atoms with Crippen molar-refractivity contribution in [2.24, 2.45) is 0 Å². The summed E-state index contributed by atoms with van der Waals surface area (Å²) in [5.41, 5.74) is 0.457. The third kappa shape index (κ3) is 2.23. The third-order valence-corrected chi connectivity index (χ3v) is 4.51. The highest BCUT2D eigenvalue weighted by atomic mass is 35.5. The Kier molecular flexibility index (Phi) is 3.30. The molecule has 1 N–H and O–H groups in total. The van der Waals surface area contributed by atoms with Crippen molar-refractivity contribution in [1.82, 2.24) is 14.5 Å². The highest BCUT2D eigenvalue weighted by molar-refractivity contribution is 7.12. The molecular formula is C13H14ClN3O2S. The number of aromatic amines is 1. The predicted molar refractivity (Wildman–Crippen MR) is 79.4 cm³/mol. The standard InChI is InChI=1S/C13H14ClN3O2S/c1-6(2)9-10(14)16-12(19)17(11(9)18)13-15-8(5-20-13)7-3-4-7/h5-7H,3-4H2,1-2H3,(H,16,19). The van der Waals surface area contributed by atoms with Crippen LogP contribution in [0.1, 0.15) is 49.8 Å². The lowest BCUT2D eigenvalue weighted by molar-refractivity contribution is 0.772. The maximum Gasteiger partial charge on any atom is 0.336 e. The summed E-state index contributed by atoms with van der Waals surface area (Å²) < 4.78 is 1.08. The summed E-state index contributed by atoms with van der Waals surface area (Å²) in [6.45, 7) is 3.73. The number of nitrogens with zero attached hydrogens (tertiary/aromatic N) is 2. The first-order valence-corrected chi connectivity index (χ1v) is 7.75. The lowest BCUT2D eigenvalue weighted by Crippen LogP contribution is -2.36. The first kappa shape index (κ1) is 13.6. The van der Waals surface area contributed by atoms with Gasteiger partial charge in [0.15, 0.2) is 0 Å². The van der Waals surface area contributed by atoms with Crippen LogP contribution in [-0.4, -0.2) is 14.5 Å². The predicted octanol–water partition coefficient (Wildman–Crippen LogP) is 2.64. The van der Waals surface area contributed by atoms with E-state index in [1.807, 2.05) is 19.2 Å². The smallest absolute Gasteiger partial charge is 0.297 e. The molecule has 5 nitrogen and oxygen atoms in total. The minimum absolute atomic E-state index is 0.0686. The quantitative estimate of drug-likeness (QED) is 0.886. The molecule has 0 amide bonds. The van der Waals surface area contributed by atoms with Gasteiger partial charge in [-0.15, -0.1) is 11.3 Å². The summed E-state index contributed by atoms with van der Waals surface area (Å²) in [4.78, 5) is 31.4. The van der Waals surface area contributed by atoms with Crippen LogP contribution in [0.2, 0.25) is 5.15 Å². The Bertz CT molecular complexity index is 771. The van der Waals surface area contributed by atoms with Gasteiger partial charge in [-0.1, -0.05) is 25.4 Å². The van der Waals surface area contributed by atoms with E-state index < -0.39 is 5.69 Å². The van der Waals surface area contributed by atoms with Gasteiger partial charge in [-0.05, 0) is 18.8 Å². The monoisotopic (exact) mass is 311 g/mol. The van der Waals surface area contributed by atoms with Crippen molar-refractivity contribution < 1.29 is 0 Å². The van der Waals surface area contributed by atoms with Crippen LogP contribution in [0.4, 0.5) is 0 Å². The van der Waals surface area contributed by atoms with E-state index in [0.29, 0.717) is 16.6 Å². The largest absolute Gasteiger partial charge is 0.336 e. The van der Waals surface area contributed by atoms with E-state index in [2.05, 4.69) is 9.97 Å². The molecule has 0 saturated heterocycles. The third-order valence-electron chi connectivity index (χ3n) is 3.36. The van der Waals surface area contributed by atoms with Crippen molar-refractivity contribution >= 4 is 22.9 Å². The van der Waals surface area contributed by atoms with Crippen molar-refractivity contribution in [3.05, 3.63) is 42.6 Å². The molecule has 7 heteroatoms. The van der Waals surface area contributed by atoms with E-state index in [1.165, 1.54) is 11.3 Å². The van der Waals surface area contributed by atoms with E-state index in [1.54, 1.807) is 0 Å². The maximum absolute atomic E-state index is 12.5. The van der Waals surface area contributed by atoms with Crippen LogP contribution >= 0.6 is 22.9 Å². The van der Waals surface area contributed by atoms with Crippen LogP contribution in [-0.2, 0) is 0 Å². The average molecular weight is 312 g/mol. The van der Waals surface area contributed by atoms with E-state index in [-0.39, 0.29) is 16.6 Å². The Morgan fingerprint density at radius 3 is 2.75 bits per heavy atom. The molecule has 0 spiro atoms. The van der Waals surface area contributed by atoms with Gasteiger partial charge in [-0.2, -0.15) is 0 Å². The fourth-order valence-electron chi connectivity index (χ4n) is 2.14. The van der Waals surface area contributed by atoms with Crippen LogP contribution in [0.25, 0.3) is 5.13 Å². The number of H-pyrrole nitrogens is 1. The Morgan fingerprint density at radius 2 is 2.15 bits per heavy atom. The molecule has 1 saturated carbocycles. The van der Waals surface area contributed by atoms with Crippen LogP contribution < -0.4 is 11.2 Å². The Hall–Kier alpha value is -1.40. The minimum Gasteiger partial charge on any atom is -0.297 e. The van der Waals surface area contributed by atoms with Crippen molar-refractivity contribution in [1.29, 1.82) is 0 Å². The van der Waals surface area contributed by atoms with E-state index in [0.717, 1.165) is 23.1 Å². The number of thiazole rings is 1. The van der Waals surface area contributed by atoms with Gasteiger partial charge >= 0.3 is 5.69 Å². The molecule has 20 heavy (non-hydrogen) atoms. The van der Waals surface area contributed by atoms with Crippen LogP contribution in [0, 0.1) is 0 Å². The molecule has 3 rings (SSSR count). The molecule has 1 aliphatic carbocycles. The first-order chi connectivity index (χ1) is 9.49. The molecular weight excluding hydrogens is 298 g/mol. The zero-order valence-electron chi connectivity index (χ0n) is 11.1. The zero-order valence-corrected chi connectivity index (χ0v) is 12.7. The van der Waals surface area contributed by atoms with Crippen molar-refractivity contribution in [2.75, 3.05) is 0 Å². The molecule has 0 radical (unpaired) electrons. The number of aromatic nitrogens is 3. The molecule has 1 fully saturated rings. The van der Waals surface area contributed by atoms with Gasteiger partial charge in [-0.25, -0.2) is 14.3 Å². The molecule has 2 aromatic rings. The fraction of sp³-hybridized carbons (Fsp3) is 0.462. The summed E-state index contributed by atoms with van der Waals surface area (Å²) in [5, 5.41) is 2.45. The highest BCUT2D eigenvalue weighted by Gasteiger charge is 2.27. The lowest BCUT2D eigenvalue weighted by Gasteiger charge is -2.09. The first-order valence-electron chi connectivity index (χ1n) is 6.49. The van der Waals surface area contributed by atoms with Crippen molar-refractivity contribution in [3.63, 3.8) is 0 Å². The molecule has 2 heterocycles. The van der Waals surface area contributed by atoms with Crippen LogP contribution in [0.3, 0.4) is 0 Å². The molecule has 1 aliphatic rings. The average Bonchev–Trinajstić information content (AvgIpc) is 3.08. The van der Waals surface area contributed by atoms with Crippen LogP contribution in [0.15, 0.2) is 15.0 Å². The van der Waals surface area contributed by atoms with Gasteiger partial charge in [0.05, 0.1) is 11.3 Å². The van der Waals surface area contributed by atoms with Gasteiger partial charge in [0.25, 0.3) is 5.56 Å². The van der Waals surface area contributed by atoms with Gasteiger partial charge in [0, 0.05) is 11.3 Å². The summed E-state index contributed by atoms with van der Waals surface area (Å²) >= 11 is 7.28. The number of halogens is 1.